The normalized spacial score (nSPS) is 29.0. The Bertz CT molecular complexity index is 1000. The Morgan fingerprint density at radius 1 is 1.23 bits per heavy atom. The molecule has 0 saturated carbocycles. The largest absolute Gasteiger partial charge is 0.360 e. The minimum absolute atomic E-state index is 0.0387. The molecule has 1 N–H and O–H groups in total. The summed E-state index contributed by atoms with van der Waals surface area (Å²) in [6.45, 7) is 5.14. The molecule has 5 rings (SSSR count). The molecule has 2 aromatic rings. The van der Waals surface area contributed by atoms with E-state index in [1.807, 2.05) is 36.4 Å². The predicted octanol–water partition coefficient (Wildman–Crippen LogP) is 2.81. The number of benzene rings is 1. The number of carbonyl (C=O) groups is 2. The zero-order chi connectivity index (χ0) is 20.9. The van der Waals surface area contributed by atoms with Crippen molar-refractivity contribution in [1.29, 1.82) is 0 Å². The molecule has 0 aliphatic carbocycles. The van der Waals surface area contributed by atoms with Crippen molar-refractivity contribution < 1.29 is 14.3 Å². The van der Waals surface area contributed by atoms with E-state index in [2.05, 4.69) is 36.3 Å². The molecule has 30 heavy (non-hydrogen) atoms. The first kappa shape index (κ1) is 19.0. The molecule has 4 atom stereocenters. The van der Waals surface area contributed by atoms with E-state index in [4.69, 9.17) is 4.74 Å². The number of aromatic nitrogens is 1. The summed E-state index contributed by atoms with van der Waals surface area (Å²) in [5, 5.41) is 2.98. The summed E-state index contributed by atoms with van der Waals surface area (Å²) in [6.07, 6.45) is 6.97. The van der Waals surface area contributed by atoms with Crippen molar-refractivity contribution >= 4 is 17.5 Å². The predicted molar refractivity (Wildman–Crippen MR) is 113 cm³/mol. The van der Waals surface area contributed by atoms with Crippen LogP contribution in [0.3, 0.4) is 0 Å². The van der Waals surface area contributed by atoms with Gasteiger partial charge in [0.25, 0.3) is 0 Å². The first-order valence-corrected chi connectivity index (χ1v) is 10.4. The fourth-order valence-electron chi connectivity index (χ4n) is 4.86. The molecule has 0 radical (unpaired) electrons. The van der Waals surface area contributed by atoms with Gasteiger partial charge in [-0.1, -0.05) is 38.1 Å². The van der Waals surface area contributed by atoms with Gasteiger partial charge in [-0.2, -0.15) is 0 Å². The standard InChI is InChI=1S/C24H25N3O3/c1-15(2)17-3-5-18(6-4-17)27-14-24-10-7-19(30-24)20(21(24)23(27)29)22(28)26-13-16-8-11-25-12-9-16/h3-12,15,19-21H,13-14H2,1-2H3,(H,26,28). The maximum atomic E-state index is 13.4. The highest BCUT2D eigenvalue weighted by molar-refractivity contribution is 6.03. The highest BCUT2D eigenvalue weighted by Gasteiger charge is 2.67. The van der Waals surface area contributed by atoms with Crippen molar-refractivity contribution in [2.45, 2.75) is 38.0 Å². The van der Waals surface area contributed by atoms with Gasteiger partial charge in [0.15, 0.2) is 0 Å². The number of fused-ring (bicyclic) bond motifs is 1. The third kappa shape index (κ3) is 2.94. The molecular formula is C24H25N3O3. The van der Waals surface area contributed by atoms with E-state index >= 15 is 0 Å². The average molecular weight is 403 g/mol. The van der Waals surface area contributed by atoms with Gasteiger partial charge < -0.3 is 15.0 Å². The monoisotopic (exact) mass is 403 g/mol. The summed E-state index contributed by atoms with van der Waals surface area (Å²) in [7, 11) is 0. The van der Waals surface area contributed by atoms with Gasteiger partial charge in [0.05, 0.1) is 24.5 Å². The molecule has 1 spiro atoms. The molecule has 2 amide bonds. The number of carbonyl (C=O) groups excluding carboxylic acids is 2. The summed E-state index contributed by atoms with van der Waals surface area (Å²) < 4.78 is 6.21. The van der Waals surface area contributed by atoms with E-state index in [0.717, 1.165) is 11.3 Å². The molecule has 6 nitrogen and oxygen atoms in total. The van der Waals surface area contributed by atoms with Gasteiger partial charge in [0, 0.05) is 24.6 Å². The Morgan fingerprint density at radius 2 is 1.97 bits per heavy atom. The number of hydrogen-bond donors (Lipinski definition) is 1. The van der Waals surface area contributed by atoms with Gasteiger partial charge in [-0.15, -0.1) is 0 Å². The van der Waals surface area contributed by atoms with Crippen molar-refractivity contribution in [3.8, 4) is 0 Å². The van der Waals surface area contributed by atoms with Crippen LogP contribution in [0.25, 0.3) is 0 Å². The number of nitrogens with zero attached hydrogens (tertiary/aromatic N) is 2. The first-order valence-electron chi connectivity index (χ1n) is 10.4. The van der Waals surface area contributed by atoms with Gasteiger partial charge in [0.1, 0.15) is 5.60 Å². The van der Waals surface area contributed by atoms with Crippen molar-refractivity contribution in [3.05, 3.63) is 72.1 Å². The Labute approximate surface area is 175 Å². The molecule has 1 aromatic heterocycles. The quantitative estimate of drug-likeness (QED) is 0.780. The number of anilines is 1. The van der Waals surface area contributed by atoms with E-state index in [1.54, 1.807) is 17.3 Å². The number of amides is 2. The lowest BCUT2D eigenvalue weighted by Crippen LogP contribution is -2.43. The van der Waals surface area contributed by atoms with E-state index in [1.165, 1.54) is 5.56 Å². The smallest absolute Gasteiger partial charge is 0.234 e. The van der Waals surface area contributed by atoms with Crippen molar-refractivity contribution in [3.63, 3.8) is 0 Å². The molecule has 154 valence electrons. The third-order valence-corrected chi connectivity index (χ3v) is 6.49. The lowest BCUT2D eigenvalue weighted by Gasteiger charge is -2.23. The van der Waals surface area contributed by atoms with Crippen molar-refractivity contribution in [2.75, 3.05) is 11.4 Å². The van der Waals surface area contributed by atoms with Crippen LogP contribution < -0.4 is 10.2 Å². The lowest BCUT2D eigenvalue weighted by molar-refractivity contribution is -0.132. The third-order valence-electron chi connectivity index (χ3n) is 6.49. The zero-order valence-electron chi connectivity index (χ0n) is 17.1. The van der Waals surface area contributed by atoms with Crippen LogP contribution in [-0.4, -0.2) is 35.0 Å². The minimum Gasteiger partial charge on any atom is -0.360 e. The second kappa shape index (κ2) is 7.06. The summed E-state index contributed by atoms with van der Waals surface area (Å²) >= 11 is 0. The zero-order valence-corrected chi connectivity index (χ0v) is 17.1. The van der Waals surface area contributed by atoms with E-state index in [9.17, 15) is 9.59 Å². The molecule has 1 aromatic carbocycles. The average Bonchev–Trinajstić information content (AvgIpc) is 3.41. The second-order valence-corrected chi connectivity index (χ2v) is 8.64. The highest BCUT2D eigenvalue weighted by Crippen LogP contribution is 2.52. The Hall–Kier alpha value is -2.99. The Morgan fingerprint density at radius 3 is 2.67 bits per heavy atom. The van der Waals surface area contributed by atoms with Crippen LogP contribution >= 0.6 is 0 Å². The SMILES string of the molecule is CC(C)c1ccc(N2CC34C=CC(O3)C(C(=O)NCc3ccncc3)C4C2=O)cc1. The fraction of sp³-hybridized carbons (Fsp3) is 0.375. The van der Waals surface area contributed by atoms with Crippen LogP contribution in [0.4, 0.5) is 5.69 Å². The summed E-state index contributed by atoms with van der Waals surface area (Å²) in [5.41, 5.74) is 2.34. The number of nitrogens with one attached hydrogen (secondary N) is 1. The van der Waals surface area contributed by atoms with Gasteiger partial charge in [0.2, 0.25) is 11.8 Å². The van der Waals surface area contributed by atoms with Crippen LogP contribution in [0, 0.1) is 11.8 Å². The number of rotatable bonds is 5. The fourth-order valence-corrected chi connectivity index (χ4v) is 4.86. The van der Waals surface area contributed by atoms with Gasteiger partial charge in [-0.05, 0) is 41.3 Å². The first-order chi connectivity index (χ1) is 14.5. The van der Waals surface area contributed by atoms with Crippen LogP contribution in [0.1, 0.15) is 30.9 Å². The molecule has 3 aliphatic heterocycles. The molecule has 2 saturated heterocycles. The van der Waals surface area contributed by atoms with E-state index < -0.39 is 17.4 Å². The highest BCUT2D eigenvalue weighted by atomic mass is 16.5. The van der Waals surface area contributed by atoms with Gasteiger partial charge in [-0.25, -0.2) is 0 Å². The van der Waals surface area contributed by atoms with Crippen molar-refractivity contribution in [1.82, 2.24) is 10.3 Å². The van der Waals surface area contributed by atoms with Crippen molar-refractivity contribution in [2.24, 2.45) is 11.8 Å². The van der Waals surface area contributed by atoms with E-state index in [0.29, 0.717) is 19.0 Å². The summed E-state index contributed by atoms with van der Waals surface area (Å²) in [4.78, 5) is 32.2. The maximum Gasteiger partial charge on any atom is 0.234 e. The number of hydrogen-bond acceptors (Lipinski definition) is 4. The number of ether oxygens (including phenoxy) is 1. The van der Waals surface area contributed by atoms with Crippen LogP contribution in [0.15, 0.2) is 60.9 Å². The van der Waals surface area contributed by atoms with Gasteiger partial charge >= 0.3 is 0 Å². The van der Waals surface area contributed by atoms with Gasteiger partial charge in [-0.3, -0.25) is 14.6 Å². The van der Waals surface area contributed by atoms with Crippen LogP contribution in [0.5, 0.6) is 0 Å². The Kier molecular flexibility index (Phi) is 4.47. The molecule has 4 heterocycles. The summed E-state index contributed by atoms with van der Waals surface area (Å²) in [6, 6.07) is 11.8. The van der Waals surface area contributed by atoms with Crippen LogP contribution in [0.2, 0.25) is 0 Å². The van der Waals surface area contributed by atoms with Crippen LogP contribution in [-0.2, 0) is 20.9 Å². The molecule has 3 aliphatic rings. The maximum absolute atomic E-state index is 13.4. The van der Waals surface area contributed by atoms with E-state index in [-0.39, 0.29) is 17.9 Å². The molecular weight excluding hydrogens is 378 g/mol. The summed E-state index contributed by atoms with van der Waals surface area (Å²) in [5.74, 6) is -0.748. The molecule has 2 bridgehead atoms. The molecule has 6 heteroatoms. The topological polar surface area (TPSA) is 71.5 Å². The molecule has 4 unspecified atom stereocenters. The minimum atomic E-state index is -0.711. The molecule has 2 fully saturated rings. The number of pyridine rings is 1. The second-order valence-electron chi connectivity index (χ2n) is 8.64. The lowest BCUT2D eigenvalue weighted by atomic mass is 9.77. The Balaban J connectivity index is 1.36.